The fourth-order valence-electron chi connectivity index (χ4n) is 2.79. The van der Waals surface area contributed by atoms with Gasteiger partial charge < -0.3 is 5.11 Å². The number of nitrogens with one attached hydrogen (secondary N) is 1. The maximum Gasteiger partial charge on any atom is 0.336 e. The Morgan fingerprint density at radius 1 is 0.969 bits per heavy atom. The highest BCUT2D eigenvalue weighted by molar-refractivity contribution is 7.92. The highest BCUT2D eigenvalue weighted by Crippen LogP contribution is 2.24. The second kappa shape index (κ2) is 10.1. The quantitative estimate of drug-likeness (QED) is 0.386. The molecule has 0 spiro atoms. The Hall–Kier alpha value is -3.69. The van der Waals surface area contributed by atoms with Gasteiger partial charge in [-0.05, 0) is 42.5 Å². The van der Waals surface area contributed by atoms with Gasteiger partial charge in [-0.15, -0.1) is 0 Å². The lowest BCUT2D eigenvalue weighted by molar-refractivity contribution is -0.119. The minimum Gasteiger partial charge on any atom is -0.478 e. The minimum atomic E-state index is -4.08. The van der Waals surface area contributed by atoms with Gasteiger partial charge in [0.1, 0.15) is 6.54 Å². The second-order valence-corrected chi connectivity index (χ2v) is 8.79. The van der Waals surface area contributed by atoms with E-state index in [-0.39, 0.29) is 21.7 Å². The first-order valence-corrected chi connectivity index (χ1v) is 11.1. The number of para-hydroxylation sites is 1. The summed E-state index contributed by atoms with van der Waals surface area (Å²) in [6.07, 6.45) is 1.18. The number of anilines is 1. The van der Waals surface area contributed by atoms with E-state index in [1.165, 1.54) is 42.6 Å². The van der Waals surface area contributed by atoms with Gasteiger partial charge in [0.05, 0.1) is 22.4 Å². The molecule has 0 saturated carbocycles. The topological polar surface area (TPSA) is 116 Å². The van der Waals surface area contributed by atoms with E-state index in [0.717, 1.165) is 4.31 Å². The molecule has 0 aliphatic carbocycles. The van der Waals surface area contributed by atoms with Crippen LogP contribution >= 0.6 is 11.6 Å². The van der Waals surface area contributed by atoms with Crippen LogP contribution in [0.3, 0.4) is 0 Å². The van der Waals surface area contributed by atoms with Crippen molar-refractivity contribution >= 4 is 45.4 Å². The fourth-order valence-corrected chi connectivity index (χ4v) is 4.33. The Kier molecular flexibility index (Phi) is 7.24. The van der Waals surface area contributed by atoms with Gasteiger partial charge in [-0.2, -0.15) is 5.10 Å². The van der Waals surface area contributed by atoms with E-state index in [4.69, 9.17) is 11.6 Å². The largest absolute Gasteiger partial charge is 0.478 e. The number of hydrogen-bond donors (Lipinski definition) is 2. The van der Waals surface area contributed by atoms with Crippen molar-refractivity contribution in [3.8, 4) is 0 Å². The number of hydrogen-bond acceptors (Lipinski definition) is 5. The minimum absolute atomic E-state index is 0.0155. The van der Waals surface area contributed by atoms with E-state index in [1.807, 2.05) is 0 Å². The molecule has 3 rings (SSSR count). The van der Waals surface area contributed by atoms with E-state index in [9.17, 15) is 23.1 Å². The zero-order valence-corrected chi connectivity index (χ0v) is 18.1. The van der Waals surface area contributed by atoms with Gasteiger partial charge in [-0.1, -0.05) is 48.0 Å². The molecule has 0 aliphatic rings. The molecule has 0 aliphatic heterocycles. The number of hydrazone groups is 1. The van der Waals surface area contributed by atoms with Gasteiger partial charge in [0.25, 0.3) is 15.9 Å². The van der Waals surface area contributed by atoms with Crippen LogP contribution in [0.1, 0.15) is 15.9 Å². The fraction of sp³-hybridized carbons (Fsp3) is 0.0455. The monoisotopic (exact) mass is 471 g/mol. The lowest BCUT2D eigenvalue weighted by Gasteiger charge is -2.23. The average Bonchev–Trinajstić information content (AvgIpc) is 2.78. The second-order valence-electron chi connectivity index (χ2n) is 6.49. The molecule has 0 aromatic heterocycles. The van der Waals surface area contributed by atoms with Crippen LogP contribution in [-0.4, -0.2) is 38.2 Å². The highest BCUT2D eigenvalue weighted by Gasteiger charge is 2.27. The van der Waals surface area contributed by atoms with Crippen molar-refractivity contribution in [2.24, 2.45) is 5.10 Å². The summed E-state index contributed by atoms with van der Waals surface area (Å²) in [5.41, 5.74) is 2.83. The summed E-state index contributed by atoms with van der Waals surface area (Å²) in [4.78, 5) is 23.7. The predicted octanol–water partition coefficient (Wildman–Crippen LogP) is 3.38. The van der Waals surface area contributed by atoms with E-state index in [1.54, 1.807) is 42.5 Å². The molecular formula is C22H18ClN3O5S. The first kappa shape index (κ1) is 23.0. The van der Waals surface area contributed by atoms with Crippen LogP contribution in [0.2, 0.25) is 5.02 Å². The maximum absolute atomic E-state index is 13.2. The Labute approximate surface area is 189 Å². The lowest BCUT2D eigenvalue weighted by atomic mass is 10.1. The average molecular weight is 472 g/mol. The Balaban J connectivity index is 1.82. The number of halogens is 1. The number of carbonyl (C=O) groups is 2. The summed E-state index contributed by atoms with van der Waals surface area (Å²) in [5, 5.41) is 13.4. The third-order valence-electron chi connectivity index (χ3n) is 4.32. The van der Waals surface area contributed by atoms with Crippen LogP contribution in [-0.2, 0) is 14.8 Å². The molecule has 3 aromatic rings. The van der Waals surface area contributed by atoms with Gasteiger partial charge in [-0.3, -0.25) is 9.10 Å². The molecule has 2 N–H and O–H groups in total. The molecule has 0 fully saturated rings. The van der Waals surface area contributed by atoms with Crippen molar-refractivity contribution in [2.45, 2.75) is 4.90 Å². The van der Waals surface area contributed by atoms with Gasteiger partial charge in [-0.25, -0.2) is 18.6 Å². The molecule has 32 heavy (non-hydrogen) atoms. The van der Waals surface area contributed by atoms with Crippen molar-refractivity contribution in [3.05, 3.63) is 95.0 Å². The summed E-state index contributed by atoms with van der Waals surface area (Å²) in [6, 6.07) is 19.9. The summed E-state index contributed by atoms with van der Waals surface area (Å²) in [5.74, 6) is -1.85. The Morgan fingerprint density at radius 3 is 2.25 bits per heavy atom. The molecule has 8 nitrogen and oxygen atoms in total. The lowest BCUT2D eigenvalue weighted by Crippen LogP contribution is -2.39. The molecule has 0 heterocycles. The van der Waals surface area contributed by atoms with Crippen molar-refractivity contribution < 1.29 is 23.1 Å². The maximum atomic E-state index is 13.2. The zero-order chi connectivity index (χ0) is 23.1. The Morgan fingerprint density at radius 2 is 1.59 bits per heavy atom. The van der Waals surface area contributed by atoms with Crippen LogP contribution < -0.4 is 9.73 Å². The third kappa shape index (κ3) is 5.51. The number of carbonyl (C=O) groups excluding carboxylic acids is 1. The van der Waals surface area contributed by atoms with Crippen molar-refractivity contribution in [1.29, 1.82) is 0 Å². The zero-order valence-electron chi connectivity index (χ0n) is 16.6. The third-order valence-corrected chi connectivity index (χ3v) is 6.36. The molecule has 0 unspecified atom stereocenters. The molecule has 3 aromatic carbocycles. The van der Waals surface area contributed by atoms with Crippen LogP contribution in [0.5, 0.6) is 0 Å². The molecule has 1 amide bonds. The van der Waals surface area contributed by atoms with E-state index < -0.39 is 28.4 Å². The summed E-state index contributed by atoms with van der Waals surface area (Å²) >= 11 is 5.86. The van der Waals surface area contributed by atoms with E-state index in [0.29, 0.717) is 5.02 Å². The predicted molar refractivity (Wildman–Crippen MR) is 122 cm³/mol. The van der Waals surface area contributed by atoms with Gasteiger partial charge >= 0.3 is 5.97 Å². The first-order valence-electron chi connectivity index (χ1n) is 9.26. The molecule has 0 bridgehead atoms. The van der Waals surface area contributed by atoms with Gasteiger partial charge in [0.2, 0.25) is 0 Å². The number of benzene rings is 3. The van der Waals surface area contributed by atoms with Crippen LogP contribution in [0, 0.1) is 0 Å². The van der Waals surface area contributed by atoms with Gasteiger partial charge in [0, 0.05) is 10.6 Å². The van der Waals surface area contributed by atoms with Gasteiger partial charge in [0.15, 0.2) is 0 Å². The van der Waals surface area contributed by atoms with E-state index >= 15 is 0 Å². The molecular weight excluding hydrogens is 454 g/mol. The van der Waals surface area contributed by atoms with Crippen LogP contribution in [0.25, 0.3) is 0 Å². The Bertz CT molecular complexity index is 1250. The SMILES string of the molecule is O=C(CN(c1ccccc1)S(=O)(=O)c1ccc(Cl)cc1)N/N=C\c1ccccc1C(=O)O. The normalized spacial score (nSPS) is 11.3. The molecule has 0 saturated heterocycles. The van der Waals surface area contributed by atoms with Crippen molar-refractivity contribution in [1.82, 2.24) is 5.43 Å². The summed E-state index contributed by atoms with van der Waals surface area (Å²) in [6.45, 7) is -0.549. The number of nitrogens with zero attached hydrogens (tertiary/aromatic N) is 2. The standard InChI is InChI=1S/C22H18ClN3O5S/c23-17-10-12-19(13-11-17)32(30,31)26(18-7-2-1-3-8-18)15-21(27)25-24-14-16-6-4-5-9-20(16)22(28)29/h1-14H,15H2,(H,25,27)(H,28,29)/b24-14-. The number of aromatic carboxylic acids is 1. The number of rotatable bonds is 8. The van der Waals surface area contributed by atoms with Crippen molar-refractivity contribution in [2.75, 3.05) is 10.8 Å². The summed E-state index contributed by atoms with van der Waals surface area (Å²) in [7, 11) is -4.08. The molecule has 0 radical (unpaired) electrons. The van der Waals surface area contributed by atoms with Crippen molar-refractivity contribution in [3.63, 3.8) is 0 Å². The molecule has 0 atom stereocenters. The molecule has 164 valence electrons. The smallest absolute Gasteiger partial charge is 0.336 e. The highest BCUT2D eigenvalue weighted by atomic mass is 35.5. The van der Waals surface area contributed by atoms with E-state index in [2.05, 4.69) is 10.5 Å². The first-order chi connectivity index (χ1) is 15.3. The number of carboxylic acid groups (broad SMARTS) is 1. The molecule has 10 heteroatoms. The summed E-state index contributed by atoms with van der Waals surface area (Å²) < 4.78 is 27.3. The number of sulfonamides is 1. The number of amides is 1. The van der Waals surface area contributed by atoms with Crippen LogP contribution in [0.4, 0.5) is 5.69 Å². The number of carboxylic acids is 1. The van der Waals surface area contributed by atoms with Crippen LogP contribution in [0.15, 0.2) is 88.9 Å².